The van der Waals surface area contributed by atoms with E-state index in [2.05, 4.69) is 0 Å². The molecule has 0 spiro atoms. The number of halogens is 3. The summed E-state index contributed by atoms with van der Waals surface area (Å²) in [5, 5.41) is 10.5. The van der Waals surface area contributed by atoms with Gasteiger partial charge in [0.2, 0.25) is 0 Å². The third kappa shape index (κ3) is 4.53. The van der Waals surface area contributed by atoms with Crippen molar-refractivity contribution in [2.24, 2.45) is 0 Å². The number of ether oxygens (including phenoxy) is 1. The Morgan fingerprint density at radius 1 is 1.10 bits per heavy atom. The Morgan fingerprint density at radius 2 is 1.86 bits per heavy atom. The van der Waals surface area contributed by atoms with Crippen molar-refractivity contribution in [2.45, 2.75) is 12.5 Å². The van der Waals surface area contributed by atoms with Crippen molar-refractivity contribution in [2.75, 3.05) is 0 Å². The zero-order valence-corrected chi connectivity index (χ0v) is 13.0. The predicted molar refractivity (Wildman–Crippen MR) is 83.7 cm³/mol. The van der Waals surface area contributed by atoms with Gasteiger partial charge in [0.05, 0.1) is 10.0 Å². The maximum absolute atomic E-state index is 11.3. The standard InChI is InChI=1S/C15H11Cl3O3/c16-10-2-1-3-11(8-10)21-14(15(19)20)7-9-4-5-12(17)13(18)6-9/h1-6,8,14H,7H2,(H,19,20)/t14-/m0/s1. The van der Waals surface area contributed by atoms with Crippen LogP contribution >= 0.6 is 34.8 Å². The lowest BCUT2D eigenvalue weighted by molar-refractivity contribution is -0.145. The van der Waals surface area contributed by atoms with Crippen LogP contribution in [0, 0.1) is 0 Å². The number of hydrogen-bond acceptors (Lipinski definition) is 2. The minimum atomic E-state index is -1.07. The Bertz CT molecular complexity index is 658. The van der Waals surface area contributed by atoms with Crippen LogP contribution in [-0.2, 0) is 11.2 Å². The third-order valence-corrected chi connectivity index (χ3v) is 3.73. The molecule has 0 saturated carbocycles. The summed E-state index contributed by atoms with van der Waals surface area (Å²) < 4.78 is 5.47. The molecule has 0 aromatic heterocycles. The van der Waals surface area contributed by atoms with Gasteiger partial charge in [0, 0.05) is 11.4 Å². The lowest BCUT2D eigenvalue weighted by Gasteiger charge is -2.15. The molecule has 1 atom stereocenters. The van der Waals surface area contributed by atoms with E-state index in [4.69, 9.17) is 39.5 Å². The summed E-state index contributed by atoms with van der Waals surface area (Å²) in [5.74, 6) is -0.670. The smallest absolute Gasteiger partial charge is 0.345 e. The van der Waals surface area contributed by atoms with Gasteiger partial charge in [-0.15, -0.1) is 0 Å². The van der Waals surface area contributed by atoms with Crippen LogP contribution < -0.4 is 4.74 Å². The quantitative estimate of drug-likeness (QED) is 0.852. The Labute approximate surface area is 137 Å². The van der Waals surface area contributed by atoms with Crippen LogP contribution in [0.3, 0.4) is 0 Å². The largest absolute Gasteiger partial charge is 0.478 e. The molecule has 1 N–H and O–H groups in total. The first-order valence-corrected chi connectivity index (χ1v) is 7.18. The summed E-state index contributed by atoms with van der Waals surface area (Å²) in [5.41, 5.74) is 0.721. The summed E-state index contributed by atoms with van der Waals surface area (Å²) in [4.78, 5) is 11.3. The normalized spacial score (nSPS) is 12.0. The second kappa shape index (κ2) is 7.03. The average Bonchev–Trinajstić information content (AvgIpc) is 2.42. The summed E-state index contributed by atoms with van der Waals surface area (Å²) in [6.07, 6.45) is -0.876. The maximum atomic E-state index is 11.3. The van der Waals surface area contributed by atoms with E-state index in [0.29, 0.717) is 20.8 Å². The predicted octanol–water partition coefficient (Wildman–Crippen LogP) is 4.72. The van der Waals surface area contributed by atoms with Crippen LogP contribution in [0.5, 0.6) is 5.75 Å². The molecule has 0 aliphatic heterocycles. The van der Waals surface area contributed by atoms with Crippen molar-refractivity contribution in [1.29, 1.82) is 0 Å². The number of aliphatic carboxylic acids is 1. The van der Waals surface area contributed by atoms with Gasteiger partial charge in [-0.1, -0.05) is 46.9 Å². The van der Waals surface area contributed by atoms with Gasteiger partial charge in [-0.25, -0.2) is 4.79 Å². The molecule has 0 saturated heterocycles. The highest BCUT2D eigenvalue weighted by molar-refractivity contribution is 6.42. The molecule has 0 amide bonds. The van der Waals surface area contributed by atoms with Gasteiger partial charge in [-0.2, -0.15) is 0 Å². The summed E-state index contributed by atoms with van der Waals surface area (Å²) >= 11 is 17.6. The van der Waals surface area contributed by atoms with E-state index in [1.54, 1.807) is 42.5 Å². The number of benzene rings is 2. The van der Waals surface area contributed by atoms with E-state index < -0.39 is 12.1 Å². The molecule has 3 nitrogen and oxygen atoms in total. The fourth-order valence-electron chi connectivity index (χ4n) is 1.76. The fourth-order valence-corrected chi connectivity index (χ4v) is 2.27. The van der Waals surface area contributed by atoms with Crippen LogP contribution in [0.4, 0.5) is 0 Å². The lowest BCUT2D eigenvalue weighted by atomic mass is 10.1. The number of carboxylic acids is 1. The van der Waals surface area contributed by atoms with Gasteiger partial charge >= 0.3 is 5.97 Å². The van der Waals surface area contributed by atoms with Gasteiger partial charge in [-0.05, 0) is 35.9 Å². The Balaban J connectivity index is 2.15. The molecular weight excluding hydrogens is 335 g/mol. The van der Waals surface area contributed by atoms with Gasteiger partial charge in [0.25, 0.3) is 0 Å². The molecule has 2 aromatic carbocycles. The highest BCUT2D eigenvalue weighted by atomic mass is 35.5. The SMILES string of the molecule is O=C(O)[C@H](Cc1ccc(Cl)c(Cl)c1)Oc1cccc(Cl)c1. The van der Waals surface area contributed by atoms with E-state index in [0.717, 1.165) is 5.56 Å². The minimum Gasteiger partial charge on any atom is -0.478 e. The second-order valence-corrected chi connectivity index (χ2v) is 5.61. The monoisotopic (exact) mass is 344 g/mol. The molecule has 0 aliphatic rings. The van der Waals surface area contributed by atoms with Crippen LogP contribution in [0.25, 0.3) is 0 Å². The van der Waals surface area contributed by atoms with Crippen molar-refractivity contribution in [3.05, 3.63) is 63.1 Å². The van der Waals surface area contributed by atoms with E-state index in [-0.39, 0.29) is 6.42 Å². The molecule has 2 aromatic rings. The summed E-state index contributed by atoms with van der Waals surface area (Å²) in [7, 11) is 0. The molecule has 0 bridgehead atoms. The number of rotatable bonds is 5. The third-order valence-electron chi connectivity index (χ3n) is 2.75. The first-order valence-electron chi connectivity index (χ1n) is 6.04. The van der Waals surface area contributed by atoms with Crippen molar-refractivity contribution >= 4 is 40.8 Å². The van der Waals surface area contributed by atoms with Crippen LogP contribution in [0.2, 0.25) is 15.1 Å². The summed E-state index contributed by atoms with van der Waals surface area (Å²) in [6.45, 7) is 0. The molecule has 2 rings (SSSR count). The molecular formula is C15H11Cl3O3. The van der Waals surface area contributed by atoms with Crippen LogP contribution in [0.1, 0.15) is 5.56 Å². The fraction of sp³-hybridized carbons (Fsp3) is 0.133. The second-order valence-electron chi connectivity index (χ2n) is 4.35. The van der Waals surface area contributed by atoms with Gasteiger partial charge in [-0.3, -0.25) is 0 Å². The molecule has 0 unspecified atom stereocenters. The number of carboxylic acid groups (broad SMARTS) is 1. The highest BCUT2D eigenvalue weighted by Crippen LogP contribution is 2.24. The van der Waals surface area contributed by atoms with Gasteiger partial charge in [0.15, 0.2) is 6.10 Å². The Kier molecular flexibility index (Phi) is 5.34. The molecule has 0 fully saturated rings. The minimum absolute atomic E-state index is 0.165. The first-order chi connectivity index (χ1) is 9.95. The van der Waals surface area contributed by atoms with Crippen molar-refractivity contribution in [1.82, 2.24) is 0 Å². The first kappa shape index (κ1) is 16.0. The molecule has 6 heteroatoms. The molecule has 21 heavy (non-hydrogen) atoms. The lowest BCUT2D eigenvalue weighted by Crippen LogP contribution is -2.29. The van der Waals surface area contributed by atoms with Gasteiger partial charge < -0.3 is 9.84 Å². The van der Waals surface area contributed by atoms with Crippen LogP contribution in [-0.4, -0.2) is 17.2 Å². The zero-order chi connectivity index (χ0) is 15.4. The Morgan fingerprint density at radius 3 is 2.48 bits per heavy atom. The summed E-state index contributed by atoms with van der Waals surface area (Å²) in [6, 6.07) is 11.5. The molecule has 0 heterocycles. The van der Waals surface area contributed by atoms with E-state index in [1.165, 1.54) is 0 Å². The van der Waals surface area contributed by atoms with E-state index in [9.17, 15) is 9.90 Å². The Hall–Kier alpha value is -1.42. The average molecular weight is 346 g/mol. The van der Waals surface area contributed by atoms with E-state index >= 15 is 0 Å². The van der Waals surface area contributed by atoms with Crippen molar-refractivity contribution in [3.63, 3.8) is 0 Å². The van der Waals surface area contributed by atoms with E-state index in [1.807, 2.05) is 0 Å². The topological polar surface area (TPSA) is 46.5 Å². The van der Waals surface area contributed by atoms with Crippen molar-refractivity contribution in [3.8, 4) is 5.75 Å². The molecule has 0 aliphatic carbocycles. The number of hydrogen-bond donors (Lipinski definition) is 1. The van der Waals surface area contributed by atoms with Gasteiger partial charge in [0.1, 0.15) is 5.75 Å². The maximum Gasteiger partial charge on any atom is 0.345 e. The number of carbonyl (C=O) groups is 1. The zero-order valence-electron chi connectivity index (χ0n) is 10.7. The molecule has 110 valence electrons. The van der Waals surface area contributed by atoms with Crippen LogP contribution in [0.15, 0.2) is 42.5 Å². The molecule has 0 radical (unpaired) electrons. The van der Waals surface area contributed by atoms with Crippen molar-refractivity contribution < 1.29 is 14.6 Å². The highest BCUT2D eigenvalue weighted by Gasteiger charge is 2.20.